The fourth-order valence-electron chi connectivity index (χ4n) is 2.17. The van der Waals surface area contributed by atoms with E-state index in [1.54, 1.807) is 0 Å². The molecule has 0 spiro atoms. The SMILES string of the molecule is CCCCOCC(=O)N1CCC(C(C)N)CC1.Cl. The summed E-state index contributed by atoms with van der Waals surface area (Å²) < 4.78 is 5.35. The van der Waals surface area contributed by atoms with Gasteiger partial charge in [-0.05, 0) is 32.1 Å². The molecule has 0 radical (unpaired) electrons. The number of likely N-dealkylation sites (tertiary alicyclic amines) is 1. The van der Waals surface area contributed by atoms with Gasteiger partial charge in [-0.3, -0.25) is 4.79 Å². The van der Waals surface area contributed by atoms with E-state index in [-0.39, 0.29) is 31.0 Å². The minimum Gasteiger partial charge on any atom is -0.372 e. The first kappa shape index (κ1) is 17.7. The molecule has 1 atom stereocenters. The van der Waals surface area contributed by atoms with Crippen LogP contribution >= 0.6 is 12.4 Å². The Hall–Kier alpha value is -0.320. The Morgan fingerprint density at radius 3 is 2.56 bits per heavy atom. The summed E-state index contributed by atoms with van der Waals surface area (Å²) in [5.74, 6) is 0.698. The van der Waals surface area contributed by atoms with Gasteiger partial charge < -0.3 is 15.4 Å². The number of carbonyl (C=O) groups is 1. The summed E-state index contributed by atoms with van der Waals surface area (Å²) in [4.78, 5) is 13.7. The van der Waals surface area contributed by atoms with Crippen LogP contribution in [0.3, 0.4) is 0 Å². The van der Waals surface area contributed by atoms with Crippen LogP contribution in [0.15, 0.2) is 0 Å². The molecule has 0 aromatic rings. The number of hydrogen-bond donors (Lipinski definition) is 1. The van der Waals surface area contributed by atoms with Gasteiger partial charge in [0.2, 0.25) is 5.91 Å². The molecule has 1 fully saturated rings. The van der Waals surface area contributed by atoms with Gasteiger partial charge >= 0.3 is 0 Å². The van der Waals surface area contributed by atoms with Crippen LogP contribution in [0.25, 0.3) is 0 Å². The predicted octanol–water partition coefficient (Wildman–Crippen LogP) is 1.81. The number of unbranched alkanes of at least 4 members (excludes halogenated alkanes) is 1. The molecular formula is C13H27ClN2O2. The number of hydrogen-bond acceptors (Lipinski definition) is 3. The minimum absolute atomic E-state index is 0. The van der Waals surface area contributed by atoms with Crippen molar-refractivity contribution in [3.05, 3.63) is 0 Å². The third-order valence-electron chi connectivity index (χ3n) is 3.50. The van der Waals surface area contributed by atoms with Crippen LogP contribution in [0.5, 0.6) is 0 Å². The van der Waals surface area contributed by atoms with Gasteiger partial charge in [0.05, 0.1) is 0 Å². The van der Waals surface area contributed by atoms with E-state index in [4.69, 9.17) is 10.5 Å². The number of piperidine rings is 1. The van der Waals surface area contributed by atoms with Gasteiger partial charge in [-0.1, -0.05) is 13.3 Å². The van der Waals surface area contributed by atoms with Gasteiger partial charge in [-0.15, -0.1) is 12.4 Å². The Morgan fingerprint density at radius 1 is 1.44 bits per heavy atom. The average molecular weight is 279 g/mol. The number of halogens is 1. The molecule has 1 aliphatic rings. The molecular weight excluding hydrogens is 252 g/mol. The second kappa shape index (κ2) is 9.59. The topological polar surface area (TPSA) is 55.6 Å². The first-order valence-corrected chi connectivity index (χ1v) is 6.76. The van der Waals surface area contributed by atoms with Crippen molar-refractivity contribution in [3.63, 3.8) is 0 Å². The molecule has 1 saturated heterocycles. The summed E-state index contributed by atoms with van der Waals surface area (Å²) in [6.07, 6.45) is 4.19. The maximum atomic E-state index is 11.8. The Bertz CT molecular complexity index is 229. The molecule has 0 aromatic heterocycles. The Labute approximate surface area is 117 Å². The van der Waals surface area contributed by atoms with Crippen LogP contribution in [0.2, 0.25) is 0 Å². The highest BCUT2D eigenvalue weighted by Crippen LogP contribution is 2.19. The molecule has 1 unspecified atom stereocenters. The summed E-state index contributed by atoms with van der Waals surface area (Å²) in [5.41, 5.74) is 5.87. The smallest absolute Gasteiger partial charge is 0.248 e. The molecule has 1 heterocycles. The highest BCUT2D eigenvalue weighted by atomic mass is 35.5. The second-order valence-corrected chi connectivity index (χ2v) is 4.98. The average Bonchev–Trinajstić information content (AvgIpc) is 2.34. The number of nitrogens with zero attached hydrogens (tertiary/aromatic N) is 1. The van der Waals surface area contributed by atoms with Gasteiger partial charge in [-0.2, -0.15) is 0 Å². The van der Waals surface area contributed by atoms with Crippen molar-refractivity contribution in [3.8, 4) is 0 Å². The standard InChI is InChI=1S/C13H26N2O2.ClH/c1-3-4-9-17-10-13(16)15-7-5-12(6-8-15)11(2)14;/h11-12H,3-10,14H2,1-2H3;1H. The molecule has 0 aromatic carbocycles. The van der Waals surface area contributed by atoms with Crippen LogP contribution < -0.4 is 5.73 Å². The number of ether oxygens (including phenoxy) is 1. The van der Waals surface area contributed by atoms with Crippen molar-refractivity contribution in [1.82, 2.24) is 4.90 Å². The second-order valence-electron chi connectivity index (χ2n) is 4.98. The number of rotatable bonds is 6. The summed E-state index contributed by atoms with van der Waals surface area (Å²) in [7, 11) is 0. The third-order valence-corrected chi connectivity index (χ3v) is 3.50. The van der Waals surface area contributed by atoms with E-state index >= 15 is 0 Å². The van der Waals surface area contributed by atoms with E-state index in [1.165, 1.54) is 0 Å². The lowest BCUT2D eigenvalue weighted by Gasteiger charge is -2.33. The number of nitrogens with two attached hydrogens (primary N) is 1. The van der Waals surface area contributed by atoms with Gasteiger partial charge in [0.15, 0.2) is 0 Å². The quantitative estimate of drug-likeness (QED) is 0.754. The molecule has 18 heavy (non-hydrogen) atoms. The van der Waals surface area contributed by atoms with E-state index in [2.05, 4.69) is 13.8 Å². The van der Waals surface area contributed by atoms with Crippen molar-refractivity contribution < 1.29 is 9.53 Å². The molecule has 0 bridgehead atoms. The van der Waals surface area contributed by atoms with E-state index in [9.17, 15) is 4.79 Å². The monoisotopic (exact) mass is 278 g/mol. The van der Waals surface area contributed by atoms with Gasteiger partial charge in [0.1, 0.15) is 6.61 Å². The van der Waals surface area contributed by atoms with Crippen molar-refractivity contribution in [2.24, 2.45) is 11.7 Å². The first-order valence-electron chi connectivity index (χ1n) is 6.76. The molecule has 108 valence electrons. The van der Waals surface area contributed by atoms with E-state index in [1.807, 2.05) is 4.90 Å². The Kier molecular flexibility index (Phi) is 9.42. The number of carbonyl (C=O) groups excluding carboxylic acids is 1. The zero-order valence-electron chi connectivity index (χ0n) is 11.6. The van der Waals surface area contributed by atoms with E-state index < -0.39 is 0 Å². The maximum Gasteiger partial charge on any atom is 0.248 e. The zero-order valence-corrected chi connectivity index (χ0v) is 12.4. The van der Waals surface area contributed by atoms with E-state index in [0.29, 0.717) is 12.5 Å². The fourth-order valence-corrected chi connectivity index (χ4v) is 2.17. The van der Waals surface area contributed by atoms with Crippen molar-refractivity contribution in [1.29, 1.82) is 0 Å². The first-order chi connectivity index (χ1) is 8.15. The lowest BCUT2D eigenvalue weighted by Crippen LogP contribution is -2.43. The summed E-state index contributed by atoms with van der Waals surface area (Å²) in [6, 6.07) is 0.244. The highest BCUT2D eigenvalue weighted by molar-refractivity contribution is 5.85. The largest absolute Gasteiger partial charge is 0.372 e. The minimum atomic E-state index is 0. The Balaban J connectivity index is 0.00000289. The molecule has 1 amide bonds. The van der Waals surface area contributed by atoms with Crippen molar-refractivity contribution in [2.75, 3.05) is 26.3 Å². The zero-order chi connectivity index (χ0) is 12.7. The lowest BCUT2D eigenvalue weighted by molar-refractivity contribution is -0.137. The molecule has 4 nitrogen and oxygen atoms in total. The Morgan fingerprint density at radius 2 is 2.06 bits per heavy atom. The van der Waals surface area contributed by atoms with Crippen LogP contribution in [-0.2, 0) is 9.53 Å². The van der Waals surface area contributed by atoms with E-state index in [0.717, 1.165) is 38.8 Å². The van der Waals surface area contributed by atoms with Gasteiger partial charge in [0, 0.05) is 25.7 Å². The summed E-state index contributed by atoms with van der Waals surface area (Å²) in [6.45, 7) is 6.77. The molecule has 2 N–H and O–H groups in total. The van der Waals surface area contributed by atoms with Crippen molar-refractivity contribution >= 4 is 18.3 Å². The number of amides is 1. The van der Waals surface area contributed by atoms with Crippen LogP contribution in [0, 0.1) is 5.92 Å². The van der Waals surface area contributed by atoms with Crippen LogP contribution in [0.1, 0.15) is 39.5 Å². The van der Waals surface area contributed by atoms with Crippen molar-refractivity contribution in [2.45, 2.75) is 45.6 Å². The summed E-state index contributed by atoms with van der Waals surface area (Å²) >= 11 is 0. The summed E-state index contributed by atoms with van der Waals surface area (Å²) in [5, 5.41) is 0. The van der Waals surface area contributed by atoms with Crippen LogP contribution in [0.4, 0.5) is 0 Å². The molecule has 0 saturated carbocycles. The third kappa shape index (κ3) is 6.03. The highest BCUT2D eigenvalue weighted by Gasteiger charge is 2.24. The fraction of sp³-hybridized carbons (Fsp3) is 0.923. The molecule has 5 heteroatoms. The lowest BCUT2D eigenvalue weighted by atomic mass is 9.91. The molecule has 1 aliphatic heterocycles. The van der Waals surface area contributed by atoms with Gasteiger partial charge in [-0.25, -0.2) is 0 Å². The normalized spacial score (nSPS) is 18.3. The van der Waals surface area contributed by atoms with Gasteiger partial charge in [0.25, 0.3) is 0 Å². The van der Waals surface area contributed by atoms with Crippen LogP contribution in [-0.4, -0.2) is 43.2 Å². The maximum absolute atomic E-state index is 11.8. The molecule has 0 aliphatic carbocycles. The predicted molar refractivity (Wildman–Crippen MR) is 75.9 cm³/mol. The molecule has 1 rings (SSSR count).